The Morgan fingerprint density at radius 2 is 2.15 bits per heavy atom. The zero-order chi connectivity index (χ0) is 23.4. The fourth-order valence-electron chi connectivity index (χ4n) is 4.02. The van der Waals surface area contributed by atoms with Gasteiger partial charge in [0.15, 0.2) is 11.5 Å². The minimum atomic E-state index is -0.488. The number of amides is 1. The maximum absolute atomic E-state index is 14.2. The lowest BCUT2D eigenvalue weighted by Gasteiger charge is -2.21. The number of hydrogen-bond donors (Lipinski definition) is 2. The van der Waals surface area contributed by atoms with Crippen molar-refractivity contribution in [2.24, 2.45) is 5.73 Å². The summed E-state index contributed by atoms with van der Waals surface area (Å²) in [6.45, 7) is 2.04. The molecule has 10 heteroatoms. The first-order valence-electron chi connectivity index (χ1n) is 10.7. The molecule has 0 saturated carbocycles. The molecule has 0 radical (unpaired) electrons. The maximum atomic E-state index is 14.2. The third kappa shape index (κ3) is 5.26. The largest absolute Gasteiger partial charge is 0.493 e. The number of anilines is 2. The third-order valence-corrected chi connectivity index (χ3v) is 5.88. The smallest absolute Gasteiger partial charge is 0.234 e. The number of likely N-dealkylation sites (tertiary alicyclic amines) is 1. The van der Waals surface area contributed by atoms with Crippen molar-refractivity contribution < 1.29 is 18.7 Å². The van der Waals surface area contributed by atoms with Crippen molar-refractivity contribution >= 4 is 39.9 Å². The molecule has 8 nitrogen and oxygen atoms in total. The monoisotopic (exact) mass is 473 g/mol. The molecule has 1 unspecified atom stereocenters. The number of fused-ring (bicyclic) bond motifs is 1. The van der Waals surface area contributed by atoms with E-state index < -0.39 is 5.82 Å². The molecule has 3 aromatic rings. The summed E-state index contributed by atoms with van der Waals surface area (Å²) in [5.74, 6) is 0.718. The Morgan fingerprint density at radius 1 is 1.30 bits per heavy atom. The number of halogens is 2. The van der Waals surface area contributed by atoms with E-state index in [0.29, 0.717) is 39.8 Å². The number of hydrogen-bond acceptors (Lipinski definition) is 7. The van der Waals surface area contributed by atoms with Gasteiger partial charge in [-0.25, -0.2) is 14.4 Å². The highest BCUT2D eigenvalue weighted by molar-refractivity contribution is 6.30. The first kappa shape index (κ1) is 23.0. The maximum Gasteiger partial charge on any atom is 0.234 e. The zero-order valence-electron chi connectivity index (χ0n) is 18.2. The van der Waals surface area contributed by atoms with Gasteiger partial charge in [-0.1, -0.05) is 11.6 Å². The quantitative estimate of drug-likeness (QED) is 0.454. The lowest BCUT2D eigenvalue weighted by Crippen LogP contribution is -2.40. The highest BCUT2D eigenvalue weighted by Gasteiger charge is 2.28. The first-order valence-corrected chi connectivity index (χ1v) is 11.0. The Hall–Kier alpha value is -3.17. The van der Waals surface area contributed by atoms with E-state index in [9.17, 15) is 9.18 Å². The summed E-state index contributed by atoms with van der Waals surface area (Å²) in [7, 11) is 1.55. The molecule has 2 aromatic carbocycles. The lowest BCUT2D eigenvalue weighted by molar-refractivity contribution is -0.122. The average Bonchev–Trinajstić information content (AvgIpc) is 3.27. The molecule has 1 aliphatic heterocycles. The molecule has 1 amide bonds. The molecule has 1 fully saturated rings. The van der Waals surface area contributed by atoms with Crippen LogP contribution in [0.5, 0.6) is 11.5 Å². The molecule has 2 heterocycles. The predicted octanol–water partition coefficient (Wildman–Crippen LogP) is 3.89. The summed E-state index contributed by atoms with van der Waals surface area (Å²) in [5.41, 5.74) is 6.34. The second-order valence-corrected chi connectivity index (χ2v) is 8.23. The summed E-state index contributed by atoms with van der Waals surface area (Å²) < 4.78 is 25.7. The fourth-order valence-corrected chi connectivity index (χ4v) is 4.18. The van der Waals surface area contributed by atoms with Gasteiger partial charge >= 0.3 is 0 Å². The van der Waals surface area contributed by atoms with Gasteiger partial charge in [-0.05, 0) is 50.1 Å². The average molecular weight is 474 g/mol. The molecule has 33 heavy (non-hydrogen) atoms. The predicted molar refractivity (Wildman–Crippen MR) is 125 cm³/mol. The molecule has 0 bridgehead atoms. The summed E-state index contributed by atoms with van der Waals surface area (Å²) >= 11 is 5.83. The van der Waals surface area contributed by atoms with Crippen LogP contribution in [0.15, 0.2) is 36.7 Å². The molecule has 3 N–H and O–H groups in total. The summed E-state index contributed by atoms with van der Waals surface area (Å²) in [6.07, 6.45) is 3.91. The molecule has 1 aromatic heterocycles. The molecule has 1 aliphatic rings. The summed E-state index contributed by atoms with van der Waals surface area (Å²) in [5, 5.41) is 3.95. The molecular formula is C23H25ClFN5O3. The Labute approximate surface area is 195 Å². The topological polar surface area (TPSA) is 103 Å². The minimum absolute atomic E-state index is 0.187. The summed E-state index contributed by atoms with van der Waals surface area (Å²) in [6, 6.07) is 7.70. The van der Waals surface area contributed by atoms with Crippen LogP contribution >= 0.6 is 11.6 Å². The van der Waals surface area contributed by atoms with E-state index in [-0.39, 0.29) is 17.6 Å². The van der Waals surface area contributed by atoms with E-state index >= 15 is 0 Å². The van der Waals surface area contributed by atoms with Crippen LogP contribution in [0, 0.1) is 5.82 Å². The number of nitrogens with zero attached hydrogens (tertiary/aromatic N) is 3. The SMILES string of the molecule is COc1cc2c(Nc3ccc(Cl)cc3F)ncnc2cc1OCCCN1CCCC1C(N)=O. The number of rotatable bonds is 9. The molecule has 1 atom stereocenters. The van der Waals surface area contributed by atoms with Gasteiger partial charge in [-0.2, -0.15) is 0 Å². The number of aromatic nitrogens is 2. The fraction of sp³-hybridized carbons (Fsp3) is 0.348. The molecule has 0 spiro atoms. The van der Waals surface area contributed by atoms with Gasteiger partial charge in [0.25, 0.3) is 0 Å². The van der Waals surface area contributed by atoms with Gasteiger partial charge in [-0.3, -0.25) is 9.69 Å². The van der Waals surface area contributed by atoms with Crippen LogP contribution in [0.3, 0.4) is 0 Å². The number of ether oxygens (including phenoxy) is 2. The van der Waals surface area contributed by atoms with Crippen LogP contribution in [0.1, 0.15) is 19.3 Å². The van der Waals surface area contributed by atoms with Crippen LogP contribution in [0.4, 0.5) is 15.9 Å². The van der Waals surface area contributed by atoms with Gasteiger partial charge in [0.1, 0.15) is 18.0 Å². The van der Waals surface area contributed by atoms with Crippen LogP contribution < -0.4 is 20.5 Å². The second-order valence-electron chi connectivity index (χ2n) is 7.79. The van der Waals surface area contributed by atoms with Crippen LogP contribution in [0.25, 0.3) is 10.9 Å². The Kier molecular flexibility index (Phi) is 7.10. The van der Waals surface area contributed by atoms with Gasteiger partial charge < -0.3 is 20.5 Å². The second kappa shape index (κ2) is 10.2. The van der Waals surface area contributed by atoms with Gasteiger partial charge in [0.05, 0.1) is 31.0 Å². The number of carbonyl (C=O) groups is 1. The van der Waals surface area contributed by atoms with Crippen molar-refractivity contribution in [1.29, 1.82) is 0 Å². The highest BCUT2D eigenvalue weighted by Crippen LogP contribution is 2.35. The van der Waals surface area contributed by atoms with E-state index in [0.717, 1.165) is 32.4 Å². The van der Waals surface area contributed by atoms with Gasteiger partial charge in [0, 0.05) is 23.0 Å². The van der Waals surface area contributed by atoms with Crippen molar-refractivity contribution in [2.75, 3.05) is 32.1 Å². The van der Waals surface area contributed by atoms with E-state index in [4.69, 9.17) is 26.8 Å². The van der Waals surface area contributed by atoms with Crippen molar-refractivity contribution in [3.05, 3.63) is 47.5 Å². The van der Waals surface area contributed by atoms with E-state index in [2.05, 4.69) is 20.2 Å². The molecule has 4 rings (SSSR count). The Balaban J connectivity index is 1.48. The first-order chi connectivity index (χ1) is 16.0. The van der Waals surface area contributed by atoms with E-state index in [1.807, 2.05) is 0 Å². The highest BCUT2D eigenvalue weighted by atomic mass is 35.5. The third-order valence-electron chi connectivity index (χ3n) is 5.64. The van der Waals surface area contributed by atoms with Crippen molar-refractivity contribution in [1.82, 2.24) is 14.9 Å². The van der Waals surface area contributed by atoms with Crippen molar-refractivity contribution in [3.8, 4) is 11.5 Å². The summed E-state index contributed by atoms with van der Waals surface area (Å²) in [4.78, 5) is 22.2. The van der Waals surface area contributed by atoms with Crippen LogP contribution in [-0.2, 0) is 4.79 Å². The van der Waals surface area contributed by atoms with Crippen molar-refractivity contribution in [2.45, 2.75) is 25.3 Å². The number of nitrogens with one attached hydrogen (secondary N) is 1. The van der Waals surface area contributed by atoms with E-state index in [1.165, 1.54) is 12.4 Å². The van der Waals surface area contributed by atoms with E-state index in [1.54, 1.807) is 31.4 Å². The molecular weight excluding hydrogens is 449 g/mol. The number of benzene rings is 2. The minimum Gasteiger partial charge on any atom is -0.493 e. The Bertz CT molecular complexity index is 1160. The van der Waals surface area contributed by atoms with Gasteiger partial charge in [-0.15, -0.1) is 0 Å². The molecule has 174 valence electrons. The van der Waals surface area contributed by atoms with Crippen molar-refractivity contribution in [3.63, 3.8) is 0 Å². The number of methoxy groups -OCH3 is 1. The normalized spacial score (nSPS) is 16.2. The molecule has 1 saturated heterocycles. The van der Waals surface area contributed by atoms with Gasteiger partial charge in [0.2, 0.25) is 5.91 Å². The van der Waals surface area contributed by atoms with Crippen LogP contribution in [0.2, 0.25) is 5.02 Å². The number of nitrogens with two attached hydrogens (primary N) is 1. The standard InChI is InChI=1S/C23H25ClFN5O3/c1-32-20-11-15-18(27-13-28-23(15)29-17-6-5-14(24)10-16(17)25)12-21(20)33-9-3-8-30-7-2-4-19(30)22(26)31/h5-6,10-13,19H,2-4,7-9H2,1H3,(H2,26,31)(H,27,28,29). The lowest BCUT2D eigenvalue weighted by atomic mass is 10.2. The van der Waals surface area contributed by atoms with Crippen LogP contribution in [-0.4, -0.2) is 53.6 Å². The molecule has 0 aliphatic carbocycles. The Morgan fingerprint density at radius 3 is 2.91 bits per heavy atom. The number of carbonyl (C=O) groups excluding carboxylic acids is 1. The zero-order valence-corrected chi connectivity index (χ0v) is 18.9. The number of primary amides is 1.